The molecule has 1 aromatic heterocycles. The monoisotopic (exact) mass is 303 g/mol. The molecule has 6 nitrogen and oxygen atoms in total. The number of benzene rings is 1. The van der Waals surface area contributed by atoms with Gasteiger partial charge < -0.3 is 14.0 Å². The Morgan fingerprint density at radius 1 is 1.18 bits per heavy atom. The number of methoxy groups -OCH3 is 1. The lowest BCUT2D eigenvalue weighted by Crippen LogP contribution is -2.13. The zero-order chi connectivity index (χ0) is 16.1. The molecule has 0 unspecified atom stereocenters. The molecule has 0 bridgehead atoms. The molecule has 0 amide bonds. The van der Waals surface area contributed by atoms with Crippen LogP contribution >= 0.6 is 0 Å². The predicted octanol–water partition coefficient (Wildman–Crippen LogP) is 2.27. The number of ether oxygens (including phenoxy) is 2. The minimum atomic E-state index is -0.303. The van der Waals surface area contributed by atoms with E-state index in [1.807, 2.05) is 0 Å². The molecule has 0 fully saturated rings. The summed E-state index contributed by atoms with van der Waals surface area (Å²) in [6.45, 7) is 3.30. The molecule has 0 radical (unpaired) electrons. The number of hydrogen-bond acceptors (Lipinski definition) is 6. The number of nitrogens with zero attached hydrogens (tertiary/aromatic N) is 1. The number of carbonyl (C=O) groups is 2. The number of rotatable bonds is 6. The van der Waals surface area contributed by atoms with Gasteiger partial charge in [0.2, 0.25) is 5.78 Å². The van der Waals surface area contributed by atoms with E-state index in [2.05, 4.69) is 9.89 Å². The van der Waals surface area contributed by atoms with Crippen LogP contribution in [0, 0.1) is 13.8 Å². The number of carbonyl (C=O) groups excluding carboxylic acids is 2. The highest BCUT2D eigenvalue weighted by atomic mass is 16.5. The van der Waals surface area contributed by atoms with Crippen molar-refractivity contribution in [2.75, 3.05) is 13.7 Å². The van der Waals surface area contributed by atoms with Crippen LogP contribution in [0.4, 0.5) is 0 Å². The summed E-state index contributed by atoms with van der Waals surface area (Å²) in [4.78, 5) is 23.2. The number of ketones is 1. The van der Waals surface area contributed by atoms with E-state index in [1.54, 1.807) is 38.1 Å². The summed E-state index contributed by atoms with van der Waals surface area (Å²) in [6.07, 6.45) is 0.203. The van der Waals surface area contributed by atoms with Gasteiger partial charge in [-0.2, -0.15) is 0 Å². The van der Waals surface area contributed by atoms with Crippen LogP contribution < -0.4 is 4.74 Å². The molecule has 1 heterocycles. The van der Waals surface area contributed by atoms with Gasteiger partial charge in [0, 0.05) is 0 Å². The molecule has 0 aliphatic carbocycles. The van der Waals surface area contributed by atoms with E-state index >= 15 is 0 Å². The summed E-state index contributed by atoms with van der Waals surface area (Å²) < 4.78 is 15.0. The molecule has 1 aromatic carbocycles. The van der Waals surface area contributed by atoms with Gasteiger partial charge in [0.15, 0.2) is 6.61 Å². The van der Waals surface area contributed by atoms with Gasteiger partial charge in [-0.25, -0.2) is 0 Å². The molecular formula is C16H17NO5. The lowest BCUT2D eigenvalue weighted by molar-refractivity contribution is -0.139. The molecule has 0 spiro atoms. The smallest absolute Gasteiger partial charge is 0.309 e. The molecule has 22 heavy (non-hydrogen) atoms. The van der Waals surface area contributed by atoms with E-state index in [1.165, 1.54) is 7.11 Å². The summed E-state index contributed by atoms with van der Waals surface area (Å²) in [7, 11) is 1.35. The summed E-state index contributed by atoms with van der Waals surface area (Å²) in [5.74, 6) is 0.547. The van der Waals surface area contributed by atoms with Gasteiger partial charge in [-0.1, -0.05) is 17.3 Å². The maximum atomic E-state index is 12.1. The van der Waals surface area contributed by atoms with Crippen molar-refractivity contribution in [1.82, 2.24) is 5.16 Å². The zero-order valence-electron chi connectivity index (χ0n) is 12.7. The van der Waals surface area contributed by atoms with Crippen LogP contribution in [0.3, 0.4) is 0 Å². The SMILES string of the molecule is COC(=O)Cc1ccc(OCC(=O)c2c(C)noc2C)cc1. The normalized spacial score (nSPS) is 10.3. The highest BCUT2D eigenvalue weighted by Gasteiger charge is 2.17. The molecule has 0 atom stereocenters. The van der Waals surface area contributed by atoms with Crippen molar-refractivity contribution in [3.8, 4) is 5.75 Å². The highest BCUT2D eigenvalue weighted by Crippen LogP contribution is 2.16. The predicted molar refractivity (Wildman–Crippen MR) is 78.0 cm³/mol. The molecular weight excluding hydrogens is 286 g/mol. The fourth-order valence-electron chi connectivity index (χ4n) is 2.04. The first-order valence-electron chi connectivity index (χ1n) is 6.76. The molecule has 2 rings (SSSR count). The Morgan fingerprint density at radius 2 is 1.86 bits per heavy atom. The first-order valence-corrected chi connectivity index (χ1v) is 6.76. The lowest BCUT2D eigenvalue weighted by atomic mass is 10.1. The van der Waals surface area contributed by atoms with Crippen LogP contribution in [-0.2, 0) is 16.0 Å². The zero-order valence-corrected chi connectivity index (χ0v) is 12.7. The summed E-state index contributed by atoms with van der Waals surface area (Å²) in [5.41, 5.74) is 1.83. The summed E-state index contributed by atoms with van der Waals surface area (Å²) >= 11 is 0. The third-order valence-electron chi connectivity index (χ3n) is 3.18. The van der Waals surface area contributed by atoms with Crippen LogP contribution in [0.2, 0.25) is 0 Å². The van der Waals surface area contributed by atoms with Crippen LogP contribution in [0.1, 0.15) is 27.4 Å². The van der Waals surface area contributed by atoms with Gasteiger partial charge in [-0.15, -0.1) is 0 Å². The van der Waals surface area contributed by atoms with Crippen LogP contribution in [-0.4, -0.2) is 30.6 Å². The van der Waals surface area contributed by atoms with E-state index in [4.69, 9.17) is 9.26 Å². The van der Waals surface area contributed by atoms with E-state index in [-0.39, 0.29) is 24.8 Å². The van der Waals surface area contributed by atoms with E-state index in [9.17, 15) is 9.59 Å². The number of Topliss-reactive ketones (excluding diaryl/α,β-unsaturated/α-hetero) is 1. The maximum Gasteiger partial charge on any atom is 0.309 e. The number of hydrogen-bond donors (Lipinski definition) is 0. The van der Waals surface area contributed by atoms with E-state index in [0.717, 1.165) is 5.56 Å². The highest BCUT2D eigenvalue weighted by molar-refractivity contribution is 5.99. The quantitative estimate of drug-likeness (QED) is 0.601. The van der Waals surface area contributed by atoms with Gasteiger partial charge in [0.1, 0.15) is 11.5 Å². The number of aromatic nitrogens is 1. The van der Waals surface area contributed by atoms with Gasteiger partial charge in [-0.3, -0.25) is 9.59 Å². The molecule has 0 aliphatic rings. The van der Waals surface area contributed by atoms with Crippen LogP contribution in [0.25, 0.3) is 0 Å². The molecule has 6 heteroatoms. The van der Waals surface area contributed by atoms with Crippen molar-refractivity contribution >= 4 is 11.8 Å². The topological polar surface area (TPSA) is 78.6 Å². The van der Waals surface area contributed by atoms with Crippen molar-refractivity contribution in [2.45, 2.75) is 20.3 Å². The Bertz CT molecular complexity index is 653. The first kappa shape index (κ1) is 15.8. The Kier molecular flexibility index (Phi) is 4.93. The Labute approximate surface area is 128 Å². The summed E-state index contributed by atoms with van der Waals surface area (Å²) in [6, 6.07) is 6.93. The molecule has 116 valence electrons. The third-order valence-corrected chi connectivity index (χ3v) is 3.18. The third kappa shape index (κ3) is 3.72. The minimum Gasteiger partial charge on any atom is -0.485 e. The van der Waals surface area contributed by atoms with E-state index < -0.39 is 0 Å². The summed E-state index contributed by atoms with van der Waals surface area (Å²) in [5, 5.41) is 3.74. The van der Waals surface area contributed by atoms with Crippen molar-refractivity contribution < 1.29 is 23.6 Å². The number of aryl methyl sites for hydroxylation is 2. The van der Waals surface area contributed by atoms with Crippen molar-refractivity contribution in [2.24, 2.45) is 0 Å². The fraction of sp³-hybridized carbons (Fsp3) is 0.312. The molecule has 0 aliphatic heterocycles. The molecule has 0 N–H and O–H groups in total. The Hall–Kier alpha value is -2.63. The fourth-order valence-corrected chi connectivity index (χ4v) is 2.04. The average Bonchev–Trinajstić information content (AvgIpc) is 2.85. The van der Waals surface area contributed by atoms with Crippen LogP contribution in [0.5, 0.6) is 5.75 Å². The largest absolute Gasteiger partial charge is 0.485 e. The second kappa shape index (κ2) is 6.89. The van der Waals surface area contributed by atoms with Gasteiger partial charge in [-0.05, 0) is 31.5 Å². The van der Waals surface area contributed by atoms with Crippen molar-refractivity contribution in [1.29, 1.82) is 0 Å². The van der Waals surface area contributed by atoms with Gasteiger partial charge in [0.25, 0.3) is 0 Å². The molecule has 0 saturated heterocycles. The van der Waals surface area contributed by atoms with Gasteiger partial charge >= 0.3 is 5.97 Å². The molecule has 0 saturated carbocycles. The first-order chi connectivity index (χ1) is 10.5. The molecule has 2 aromatic rings. The minimum absolute atomic E-state index is 0.0980. The van der Waals surface area contributed by atoms with Crippen LogP contribution in [0.15, 0.2) is 28.8 Å². The maximum absolute atomic E-state index is 12.1. The average molecular weight is 303 g/mol. The van der Waals surface area contributed by atoms with E-state index in [0.29, 0.717) is 22.8 Å². The Balaban J connectivity index is 1.94. The second-order valence-corrected chi connectivity index (χ2v) is 4.81. The van der Waals surface area contributed by atoms with Crippen molar-refractivity contribution in [3.63, 3.8) is 0 Å². The Morgan fingerprint density at radius 3 is 2.41 bits per heavy atom. The lowest BCUT2D eigenvalue weighted by Gasteiger charge is -2.06. The number of esters is 1. The van der Waals surface area contributed by atoms with Crippen molar-refractivity contribution in [3.05, 3.63) is 46.8 Å². The van der Waals surface area contributed by atoms with Gasteiger partial charge in [0.05, 0.1) is 24.8 Å². The standard InChI is InChI=1S/C16H17NO5/c1-10-16(11(2)22-17-10)14(18)9-21-13-6-4-12(5-7-13)8-15(19)20-3/h4-7H,8-9H2,1-3H3. The second-order valence-electron chi connectivity index (χ2n) is 4.81.